The van der Waals surface area contributed by atoms with Gasteiger partial charge in [-0.3, -0.25) is 4.90 Å². The van der Waals surface area contributed by atoms with Gasteiger partial charge in [0, 0.05) is 24.7 Å². The Morgan fingerprint density at radius 3 is 2.57 bits per heavy atom. The molecule has 1 aliphatic heterocycles. The largest absolute Gasteiger partial charge is 0.443 e. The lowest BCUT2D eigenvalue weighted by molar-refractivity contribution is 0.0324. The number of nitrogens with zero attached hydrogens (tertiary/aromatic N) is 1. The highest BCUT2D eigenvalue weighted by Crippen LogP contribution is 2.28. The third-order valence-corrected chi connectivity index (χ3v) is 3.17. The molecule has 0 bridgehead atoms. The summed E-state index contributed by atoms with van der Waals surface area (Å²) in [5.74, 6) is -1.31. The zero-order valence-corrected chi connectivity index (χ0v) is 12.4. The summed E-state index contributed by atoms with van der Waals surface area (Å²) in [6.45, 7) is 5.84. The summed E-state index contributed by atoms with van der Waals surface area (Å²) in [7, 11) is 0. The molecule has 1 aliphatic rings. The van der Waals surface area contributed by atoms with Crippen LogP contribution >= 0.6 is 0 Å². The van der Waals surface area contributed by atoms with Gasteiger partial charge in [0.05, 0.1) is 0 Å². The first-order valence-electron chi connectivity index (χ1n) is 6.89. The molecule has 114 valence electrons. The molecule has 0 aliphatic carbocycles. The Bertz CT molecular complexity index is 564. The van der Waals surface area contributed by atoms with Crippen molar-refractivity contribution in [2.24, 2.45) is 0 Å². The van der Waals surface area contributed by atoms with Gasteiger partial charge in [-0.25, -0.2) is 13.6 Å². The molecule has 2 rings (SSSR count). The van der Waals surface area contributed by atoms with Gasteiger partial charge in [0.1, 0.15) is 17.2 Å². The topological polar surface area (TPSA) is 29.5 Å². The van der Waals surface area contributed by atoms with E-state index in [4.69, 9.17) is 4.74 Å². The maximum Gasteiger partial charge on any atom is 0.414 e. The van der Waals surface area contributed by atoms with Crippen LogP contribution in [0.25, 0.3) is 0 Å². The van der Waals surface area contributed by atoms with Crippen molar-refractivity contribution >= 4 is 6.09 Å². The van der Waals surface area contributed by atoms with Crippen LogP contribution < -0.4 is 0 Å². The van der Waals surface area contributed by atoms with Crippen LogP contribution in [-0.2, 0) is 4.74 Å². The van der Waals surface area contributed by atoms with Gasteiger partial charge < -0.3 is 4.74 Å². The first kappa shape index (κ1) is 15.5. The van der Waals surface area contributed by atoms with Gasteiger partial charge in [0.15, 0.2) is 0 Å². The number of ether oxygens (including phenoxy) is 1. The molecule has 0 radical (unpaired) electrons. The van der Waals surface area contributed by atoms with Crippen LogP contribution in [0.4, 0.5) is 13.6 Å². The van der Waals surface area contributed by atoms with Crippen LogP contribution in [0.2, 0.25) is 0 Å². The first-order chi connectivity index (χ1) is 9.76. The van der Waals surface area contributed by atoms with Crippen molar-refractivity contribution < 1.29 is 18.3 Å². The van der Waals surface area contributed by atoms with Crippen molar-refractivity contribution in [3.8, 4) is 0 Å². The molecule has 0 N–H and O–H groups in total. The SMILES string of the molecule is CC(C)(C)OC(=O)N1C=C[C@@H](c2ccc(F)cc2F)CC1. The van der Waals surface area contributed by atoms with E-state index in [1.807, 2.05) is 0 Å². The number of hydrogen-bond donors (Lipinski definition) is 0. The summed E-state index contributed by atoms with van der Waals surface area (Å²) in [6.07, 6.45) is 3.49. The highest BCUT2D eigenvalue weighted by atomic mass is 19.1. The molecule has 0 saturated carbocycles. The van der Waals surface area contributed by atoms with Crippen LogP contribution in [0.5, 0.6) is 0 Å². The standard InChI is InChI=1S/C16H19F2NO2/c1-16(2,3)21-15(20)19-8-6-11(7-9-19)13-5-4-12(17)10-14(13)18/h4-6,8,10-11H,7,9H2,1-3H3/t11-/m1/s1. The lowest BCUT2D eigenvalue weighted by Gasteiger charge is -2.29. The minimum Gasteiger partial charge on any atom is -0.443 e. The van der Waals surface area contributed by atoms with Gasteiger partial charge >= 0.3 is 6.09 Å². The molecule has 1 aromatic carbocycles. The molecule has 0 fully saturated rings. The second kappa shape index (κ2) is 5.84. The van der Waals surface area contributed by atoms with Crippen LogP contribution in [-0.4, -0.2) is 23.1 Å². The van der Waals surface area contributed by atoms with E-state index in [0.29, 0.717) is 18.5 Å². The normalized spacial score (nSPS) is 18.7. The first-order valence-corrected chi connectivity index (χ1v) is 6.89. The molecule has 5 heteroatoms. The second-order valence-electron chi connectivity index (χ2n) is 6.08. The molecule has 0 unspecified atom stereocenters. The molecule has 0 spiro atoms. The van der Waals surface area contributed by atoms with Crippen molar-refractivity contribution in [2.75, 3.05) is 6.54 Å². The minimum atomic E-state index is -0.591. The van der Waals surface area contributed by atoms with E-state index in [0.717, 1.165) is 6.07 Å². The summed E-state index contributed by atoms with van der Waals surface area (Å²) >= 11 is 0. The number of carbonyl (C=O) groups excluding carboxylic acids is 1. The number of benzene rings is 1. The summed E-state index contributed by atoms with van der Waals surface area (Å²) < 4.78 is 31.9. The fraction of sp³-hybridized carbons (Fsp3) is 0.438. The van der Waals surface area contributed by atoms with E-state index in [2.05, 4.69) is 0 Å². The number of carbonyl (C=O) groups is 1. The maximum absolute atomic E-state index is 13.7. The maximum atomic E-state index is 13.7. The van der Waals surface area contributed by atoms with Crippen molar-refractivity contribution in [2.45, 2.75) is 38.7 Å². The quantitative estimate of drug-likeness (QED) is 0.777. The summed E-state index contributed by atoms with van der Waals surface area (Å²) in [5, 5.41) is 0. The molecule has 0 aromatic heterocycles. The van der Waals surface area contributed by atoms with Crippen molar-refractivity contribution in [1.82, 2.24) is 4.90 Å². The number of allylic oxidation sites excluding steroid dienone is 1. The highest BCUT2D eigenvalue weighted by molar-refractivity contribution is 5.69. The number of halogens is 2. The van der Waals surface area contributed by atoms with E-state index < -0.39 is 23.3 Å². The van der Waals surface area contributed by atoms with E-state index in [1.54, 1.807) is 33.0 Å². The third kappa shape index (κ3) is 4.03. The van der Waals surface area contributed by atoms with Crippen molar-refractivity contribution in [3.63, 3.8) is 0 Å². The fourth-order valence-corrected chi connectivity index (χ4v) is 2.19. The smallest absolute Gasteiger partial charge is 0.414 e. The Morgan fingerprint density at radius 2 is 2.05 bits per heavy atom. The Labute approximate surface area is 123 Å². The van der Waals surface area contributed by atoms with E-state index >= 15 is 0 Å². The Kier molecular flexibility index (Phi) is 4.30. The molecule has 1 heterocycles. The number of hydrogen-bond acceptors (Lipinski definition) is 2. The van der Waals surface area contributed by atoms with Gasteiger partial charge in [0.2, 0.25) is 0 Å². The van der Waals surface area contributed by atoms with Gasteiger partial charge in [0.25, 0.3) is 0 Å². The Morgan fingerprint density at radius 1 is 1.33 bits per heavy atom. The Hall–Kier alpha value is -1.91. The predicted molar refractivity (Wildman–Crippen MR) is 75.8 cm³/mol. The van der Waals surface area contributed by atoms with Crippen LogP contribution in [0.1, 0.15) is 38.7 Å². The summed E-state index contributed by atoms with van der Waals surface area (Å²) in [5.41, 5.74) is -0.110. The molecule has 1 amide bonds. The van der Waals surface area contributed by atoms with Crippen LogP contribution in [0.3, 0.4) is 0 Å². The fourth-order valence-electron chi connectivity index (χ4n) is 2.19. The number of rotatable bonds is 1. The van der Waals surface area contributed by atoms with Crippen molar-refractivity contribution in [3.05, 3.63) is 47.7 Å². The lowest BCUT2D eigenvalue weighted by Crippen LogP contribution is -2.36. The number of amides is 1. The van der Waals surface area contributed by atoms with Gasteiger partial charge in [-0.05, 0) is 38.8 Å². The van der Waals surface area contributed by atoms with Crippen LogP contribution in [0.15, 0.2) is 30.5 Å². The molecule has 1 aromatic rings. The second-order valence-corrected chi connectivity index (χ2v) is 6.08. The van der Waals surface area contributed by atoms with Crippen molar-refractivity contribution in [1.29, 1.82) is 0 Å². The molecule has 21 heavy (non-hydrogen) atoms. The van der Waals surface area contributed by atoms with Gasteiger partial charge in [-0.1, -0.05) is 12.1 Å². The van der Waals surface area contributed by atoms with E-state index in [1.165, 1.54) is 17.0 Å². The minimum absolute atomic E-state index is 0.163. The average molecular weight is 295 g/mol. The third-order valence-electron chi connectivity index (χ3n) is 3.17. The zero-order valence-electron chi connectivity index (χ0n) is 12.4. The average Bonchev–Trinajstić information content (AvgIpc) is 2.37. The Balaban J connectivity index is 2.06. The lowest BCUT2D eigenvalue weighted by atomic mass is 9.93. The van der Waals surface area contributed by atoms with Gasteiger partial charge in [-0.2, -0.15) is 0 Å². The summed E-state index contributed by atoms with van der Waals surface area (Å²) in [6, 6.07) is 3.57. The molecule has 1 atom stereocenters. The zero-order chi connectivity index (χ0) is 15.6. The van der Waals surface area contributed by atoms with Crippen LogP contribution in [0, 0.1) is 11.6 Å². The monoisotopic (exact) mass is 295 g/mol. The van der Waals surface area contributed by atoms with Gasteiger partial charge in [-0.15, -0.1) is 0 Å². The molecular formula is C16H19F2NO2. The highest BCUT2D eigenvalue weighted by Gasteiger charge is 2.25. The van der Waals surface area contributed by atoms with E-state index in [9.17, 15) is 13.6 Å². The summed E-state index contributed by atoms with van der Waals surface area (Å²) in [4.78, 5) is 13.4. The molecule has 3 nitrogen and oxygen atoms in total. The predicted octanol–water partition coefficient (Wildman–Crippen LogP) is 4.20. The molecule has 0 saturated heterocycles. The van der Waals surface area contributed by atoms with E-state index in [-0.39, 0.29) is 5.92 Å². The molecular weight excluding hydrogens is 276 g/mol.